The fraction of sp³-hybridized carbons (Fsp3) is 0.550. The lowest BCUT2D eigenvalue weighted by Crippen LogP contribution is -2.48. The topological polar surface area (TPSA) is 64.6 Å². The number of nitrogens with one attached hydrogen (secondary N) is 1. The van der Waals surface area contributed by atoms with E-state index in [1.807, 2.05) is 18.4 Å². The number of thiazole rings is 1. The van der Waals surface area contributed by atoms with Crippen LogP contribution >= 0.6 is 11.3 Å². The summed E-state index contributed by atoms with van der Waals surface area (Å²) in [6.07, 6.45) is -2.79. The average Bonchev–Trinajstić information content (AvgIpc) is 3.34. The van der Waals surface area contributed by atoms with Crippen LogP contribution in [0, 0.1) is 12.8 Å². The number of amides is 2. The van der Waals surface area contributed by atoms with Crippen LogP contribution in [0.15, 0.2) is 17.5 Å². The average molecular weight is 453 g/mol. The molecule has 11 heteroatoms. The van der Waals surface area contributed by atoms with Crippen molar-refractivity contribution in [3.05, 3.63) is 23.2 Å². The molecule has 2 atom stereocenters. The molecule has 7 nitrogen and oxygen atoms in total. The van der Waals surface area contributed by atoms with Crippen LogP contribution in [-0.4, -0.2) is 54.4 Å². The van der Waals surface area contributed by atoms with Gasteiger partial charge >= 0.3 is 12.2 Å². The molecule has 31 heavy (non-hydrogen) atoms. The Bertz CT molecular complexity index is 996. The highest BCUT2D eigenvalue weighted by Gasteiger charge is 2.43. The van der Waals surface area contributed by atoms with Gasteiger partial charge in [0.15, 0.2) is 10.9 Å². The molecular weight excluding hydrogens is 429 g/mol. The second kappa shape index (κ2) is 7.54. The van der Waals surface area contributed by atoms with Crippen molar-refractivity contribution in [1.82, 2.24) is 9.97 Å². The van der Waals surface area contributed by atoms with Crippen LogP contribution in [0.1, 0.15) is 25.0 Å². The van der Waals surface area contributed by atoms with Crippen molar-refractivity contribution >= 4 is 39.8 Å². The zero-order valence-corrected chi connectivity index (χ0v) is 17.8. The summed E-state index contributed by atoms with van der Waals surface area (Å²) >= 11 is 1.36. The molecule has 2 amide bonds. The van der Waals surface area contributed by atoms with Crippen LogP contribution in [-0.2, 0) is 0 Å². The molecular formula is C20H23F3N6OS. The molecule has 0 saturated carbocycles. The summed E-state index contributed by atoms with van der Waals surface area (Å²) in [6, 6.07) is 3.32. The molecule has 0 aromatic carbocycles. The standard InChI is InChI=1S/C20H23F3N6OS/c1-12-11-31-18(24-12)26-19(30)29-14-6-8-27(10-14)15-4-5-16(25-17(15)29)28-7-2-3-13(9-28)20(21,22)23/h4-5,11,13-14H,2-3,6-10H2,1H3,(H,24,26,30)/t13?,14-/m0/s1. The number of alkyl halides is 3. The van der Waals surface area contributed by atoms with Gasteiger partial charge in [-0.05, 0) is 38.3 Å². The fourth-order valence-corrected chi connectivity index (χ4v) is 5.33. The molecule has 166 valence electrons. The Morgan fingerprint density at radius 2 is 2.00 bits per heavy atom. The van der Waals surface area contributed by atoms with E-state index >= 15 is 0 Å². The number of hydrogen-bond acceptors (Lipinski definition) is 6. The number of aryl methyl sites for hydroxylation is 1. The van der Waals surface area contributed by atoms with Gasteiger partial charge in [0, 0.05) is 31.6 Å². The first-order valence-electron chi connectivity index (χ1n) is 10.4. The fourth-order valence-electron chi connectivity index (χ4n) is 4.65. The maximum absolute atomic E-state index is 13.3. The van der Waals surface area contributed by atoms with Crippen molar-refractivity contribution < 1.29 is 18.0 Å². The number of fused-ring (bicyclic) bond motifs is 4. The summed E-state index contributed by atoms with van der Waals surface area (Å²) in [5.74, 6) is -0.365. The van der Waals surface area contributed by atoms with Crippen molar-refractivity contribution in [1.29, 1.82) is 0 Å². The molecule has 0 radical (unpaired) electrons. The minimum atomic E-state index is -4.21. The van der Waals surface area contributed by atoms with E-state index < -0.39 is 12.1 Å². The van der Waals surface area contributed by atoms with Crippen molar-refractivity contribution in [2.45, 2.75) is 38.4 Å². The zero-order valence-electron chi connectivity index (χ0n) is 17.0. The number of pyridine rings is 1. The number of urea groups is 1. The summed E-state index contributed by atoms with van der Waals surface area (Å²) in [4.78, 5) is 27.7. The van der Waals surface area contributed by atoms with Crippen LogP contribution in [0.2, 0.25) is 0 Å². The van der Waals surface area contributed by atoms with Gasteiger partial charge in [0.25, 0.3) is 0 Å². The van der Waals surface area contributed by atoms with Gasteiger partial charge in [-0.2, -0.15) is 13.2 Å². The first-order chi connectivity index (χ1) is 14.8. The third-order valence-electron chi connectivity index (χ3n) is 6.20. The highest BCUT2D eigenvalue weighted by molar-refractivity contribution is 7.13. The lowest BCUT2D eigenvalue weighted by molar-refractivity contribution is -0.176. The molecule has 1 N–H and O–H groups in total. The normalized spacial score (nSPS) is 23.2. The lowest BCUT2D eigenvalue weighted by atomic mass is 9.97. The van der Waals surface area contributed by atoms with Crippen molar-refractivity contribution in [2.24, 2.45) is 5.92 Å². The Labute approximate surface area is 181 Å². The number of aromatic nitrogens is 2. The predicted octanol–water partition coefficient (Wildman–Crippen LogP) is 4.26. The van der Waals surface area contributed by atoms with Crippen molar-refractivity contribution in [2.75, 3.05) is 46.2 Å². The molecule has 2 saturated heterocycles. The second-order valence-corrected chi connectivity index (χ2v) is 9.18. The maximum atomic E-state index is 13.3. The van der Waals surface area contributed by atoms with Gasteiger partial charge in [0.05, 0.1) is 23.3 Å². The highest BCUT2D eigenvalue weighted by Crippen LogP contribution is 2.41. The van der Waals surface area contributed by atoms with Gasteiger partial charge < -0.3 is 9.80 Å². The first kappa shape index (κ1) is 20.3. The van der Waals surface area contributed by atoms with E-state index in [9.17, 15) is 18.0 Å². The Morgan fingerprint density at radius 3 is 2.74 bits per heavy atom. The summed E-state index contributed by atoms with van der Waals surface area (Å²) in [6.45, 7) is 3.82. The quantitative estimate of drug-likeness (QED) is 0.738. The minimum absolute atomic E-state index is 0.0272. The molecule has 2 aromatic rings. The van der Waals surface area contributed by atoms with Gasteiger partial charge in [0.1, 0.15) is 5.82 Å². The number of nitrogens with zero attached hydrogens (tertiary/aromatic N) is 5. The van der Waals surface area contributed by atoms with Gasteiger partial charge in [-0.15, -0.1) is 11.3 Å². The second-order valence-electron chi connectivity index (χ2n) is 8.32. The summed E-state index contributed by atoms with van der Waals surface area (Å²) < 4.78 is 39.8. The third kappa shape index (κ3) is 3.79. The van der Waals surface area contributed by atoms with Crippen molar-refractivity contribution in [3.63, 3.8) is 0 Å². The molecule has 0 spiro atoms. The SMILES string of the molecule is Cc1csc(NC(=O)N2c3nc(N4CCCC(C(F)(F)F)C4)ccc3N3CC[C@H]2C3)n1. The molecule has 2 bridgehead atoms. The number of halogens is 3. The maximum Gasteiger partial charge on any atom is 0.393 e. The molecule has 3 aliphatic rings. The Kier molecular flexibility index (Phi) is 4.95. The van der Waals surface area contributed by atoms with E-state index in [0.29, 0.717) is 29.7 Å². The van der Waals surface area contributed by atoms with Gasteiger partial charge in [-0.25, -0.2) is 14.8 Å². The smallest absolute Gasteiger partial charge is 0.366 e. The third-order valence-corrected chi connectivity index (χ3v) is 7.07. The number of rotatable bonds is 2. The molecule has 0 aliphatic carbocycles. The highest BCUT2D eigenvalue weighted by atomic mass is 32.1. The molecule has 3 aliphatic heterocycles. The van der Waals surface area contributed by atoms with Crippen LogP contribution in [0.25, 0.3) is 0 Å². The van der Waals surface area contributed by atoms with Gasteiger partial charge in [-0.3, -0.25) is 10.2 Å². The largest absolute Gasteiger partial charge is 0.393 e. The van der Waals surface area contributed by atoms with E-state index in [-0.39, 0.29) is 25.0 Å². The molecule has 2 aromatic heterocycles. The van der Waals surface area contributed by atoms with E-state index in [1.54, 1.807) is 15.9 Å². The zero-order chi connectivity index (χ0) is 21.8. The number of hydrogen-bond donors (Lipinski definition) is 1. The minimum Gasteiger partial charge on any atom is -0.366 e. The molecule has 2 fully saturated rings. The molecule has 5 rings (SSSR count). The predicted molar refractivity (Wildman–Crippen MR) is 114 cm³/mol. The van der Waals surface area contributed by atoms with E-state index in [2.05, 4.69) is 15.2 Å². The van der Waals surface area contributed by atoms with E-state index in [4.69, 9.17) is 4.98 Å². The Hall–Kier alpha value is -2.56. The van der Waals surface area contributed by atoms with E-state index in [0.717, 1.165) is 30.9 Å². The summed E-state index contributed by atoms with van der Waals surface area (Å²) in [7, 11) is 0. The van der Waals surface area contributed by atoms with Crippen LogP contribution in [0.5, 0.6) is 0 Å². The summed E-state index contributed by atoms with van der Waals surface area (Å²) in [5.41, 5.74) is 1.67. The number of piperidine rings is 1. The van der Waals surface area contributed by atoms with Crippen LogP contribution < -0.4 is 20.0 Å². The molecule has 1 unspecified atom stereocenters. The van der Waals surface area contributed by atoms with E-state index in [1.165, 1.54) is 11.3 Å². The monoisotopic (exact) mass is 452 g/mol. The number of carbonyl (C=O) groups excluding carboxylic acids is 1. The van der Waals surface area contributed by atoms with Crippen LogP contribution in [0.3, 0.4) is 0 Å². The number of anilines is 4. The van der Waals surface area contributed by atoms with Crippen LogP contribution in [0.4, 0.5) is 40.4 Å². The lowest BCUT2D eigenvalue weighted by Gasteiger charge is -2.38. The Balaban J connectivity index is 1.45. The first-order valence-corrected chi connectivity index (χ1v) is 11.3. The van der Waals surface area contributed by atoms with Crippen molar-refractivity contribution in [3.8, 4) is 0 Å². The molecule has 5 heterocycles. The Morgan fingerprint density at radius 1 is 1.16 bits per heavy atom. The van der Waals surface area contributed by atoms with Gasteiger partial charge in [-0.1, -0.05) is 0 Å². The van der Waals surface area contributed by atoms with Gasteiger partial charge in [0.2, 0.25) is 0 Å². The number of carbonyl (C=O) groups is 1. The summed E-state index contributed by atoms with van der Waals surface area (Å²) in [5, 5.41) is 5.24.